The van der Waals surface area contributed by atoms with Gasteiger partial charge in [-0.05, 0) is 6.08 Å². The number of hydrogen-bond donors (Lipinski definition) is 1. The predicted octanol–water partition coefficient (Wildman–Crippen LogP) is 1.17. The third-order valence-electron chi connectivity index (χ3n) is 0.685. The van der Waals surface area contributed by atoms with Crippen LogP contribution in [0.2, 0.25) is 0 Å². The van der Waals surface area contributed by atoms with Crippen LogP contribution < -0.4 is 0 Å². The molecule has 0 saturated heterocycles. The van der Waals surface area contributed by atoms with Crippen LogP contribution in [0, 0.1) is 0 Å². The molecule has 7 heavy (non-hydrogen) atoms. The quantitative estimate of drug-likeness (QED) is 0.410. The Morgan fingerprint density at radius 1 is 2.00 bits per heavy atom. The molecule has 0 aliphatic rings. The van der Waals surface area contributed by atoms with Crippen molar-refractivity contribution >= 4 is 18.3 Å². The van der Waals surface area contributed by atoms with E-state index in [-0.39, 0.29) is 0 Å². The molecule has 0 spiro atoms. The normalized spacial score (nSPS) is 11.4. The highest BCUT2D eigenvalue weighted by Crippen LogP contribution is 1.80. The van der Waals surface area contributed by atoms with E-state index in [1.54, 1.807) is 13.1 Å². The first-order valence-corrected chi connectivity index (χ1v) is 2.67. The molecule has 0 aliphatic carbocycles. The van der Waals surface area contributed by atoms with Gasteiger partial charge in [0.1, 0.15) is 0 Å². The maximum Gasteiger partial charge on any atom is 0.0435 e. The predicted molar refractivity (Wildman–Crippen MR) is 37.4 cm³/mol. The number of rotatable bonds is 2. The minimum absolute atomic E-state index is 0.681. The molecule has 0 aliphatic heterocycles. The van der Waals surface area contributed by atoms with Crippen molar-refractivity contribution in [1.29, 1.82) is 0 Å². The van der Waals surface area contributed by atoms with E-state index in [9.17, 15) is 0 Å². The summed E-state index contributed by atoms with van der Waals surface area (Å²) in [6.45, 7) is 3.52. The number of hydrogen-bond acceptors (Lipinski definition) is 2. The average molecular weight is 115 g/mol. The fourth-order valence-corrected chi connectivity index (χ4v) is 0.497. The van der Waals surface area contributed by atoms with E-state index in [0.717, 1.165) is 5.71 Å². The Balaban J connectivity index is 3.60. The minimum Gasteiger partial charge on any atom is -0.292 e. The molecular weight excluding hydrogens is 106 g/mol. The molecule has 0 aromatic rings. The van der Waals surface area contributed by atoms with Crippen LogP contribution in [0.1, 0.15) is 0 Å². The van der Waals surface area contributed by atoms with Gasteiger partial charge in [0.25, 0.3) is 0 Å². The fraction of sp³-hybridized carbons (Fsp3) is 0.400. The van der Waals surface area contributed by atoms with Gasteiger partial charge in [-0.15, -0.1) is 0 Å². The third kappa shape index (κ3) is 2.45. The van der Waals surface area contributed by atoms with Crippen LogP contribution in [0.5, 0.6) is 0 Å². The van der Waals surface area contributed by atoms with Gasteiger partial charge in [0.15, 0.2) is 0 Å². The van der Waals surface area contributed by atoms with E-state index in [1.165, 1.54) is 0 Å². The zero-order valence-corrected chi connectivity index (χ0v) is 5.28. The number of nitrogens with zero attached hydrogens (tertiary/aromatic N) is 1. The van der Waals surface area contributed by atoms with Gasteiger partial charge < -0.3 is 0 Å². The summed E-state index contributed by atoms with van der Waals surface area (Å²) in [4.78, 5) is 3.85. The Labute approximate surface area is 49.6 Å². The summed E-state index contributed by atoms with van der Waals surface area (Å²) in [5.41, 5.74) is 0.934. The molecule has 0 aromatic carbocycles. The first-order valence-electron chi connectivity index (χ1n) is 2.04. The highest BCUT2D eigenvalue weighted by atomic mass is 32.1. The SMILES string of the molecule is C=CC(CS)=NC. The lowest BCUT2D eigenvalue weighted by Gasteiger charge is -1.86. The molecule has 0 fully saturated rings. The number of thiol groups is 1. The van der Waals surface area contributed by atoms with Gasteiger partial charge in [-0.2, -0.15) is 12.6 Å². The summed E-state index contributed by atoms with van der Waals surface area (Å²) >= 11 is 3.97. The highest BCUT2D eigenvalue weighted by molar-refractivity contribution is 7.81. The van der Waals surface area contributed by atoms with Crippen LogP contribution >= 0.6 is 12.6 Å². The van der Waals surface area contributed by atoms with Crippen LogP contribution in [0.15, 0.2) is 17.6 Å². The zero-order valence-electron chi connectivity index (χ0n) is 4.39. The van der Waals surface area contributed by atoms with E-state index in [1.807, 2.05) is 0 Å². The van der Waals surface area contributed by atoms with Crippen LogP contribution in [-0.4, -0.2) is 18.5 Å². The molecule has 0 unspecified atom stereocenters. The lowest BCUT2D eigenvalue weighted by molar-refractivity contribution is 1.44. The topological polar surface area (TPSA) is 12.4 Å². The molecule has 0 N–H and O–H groups in total. The molecule has 0 saturated carbocycles. The van der Waals surface area contributed by atoms with Crippen molar-refractivity contribution in [3.8, 4) is 0 Å². The Morgan fingerprint density at radius 3 is 2.57 bits per heavy atom. The lowest BCUT2D eigenvalue weighted by Crippen LogP contribution is -1.91. The molecule has 40 valence electrons. The van der Waals surface area contributed by atoms with Crippen molar-refractivity contribution in [2.75, 3.05) is 12.8 Å². The molecule has 0 heterocycles. The molecule has 0 atom stereocenters. The third-order valence-corrected chi connectivity index (χ3v) is 1.01. The van der Waals surface area contributed by atoms with E-state index in [4.69, 9.17) is 0 Å². The Bertz CT molecular complexity index is 86.1. The molecule has 0 amide bonds. The Kier molecular flexibility index (Phi) is 3.80. The van der Waals surface area contributed by atoms with E-state index in [2.05, 4.69) is 24.2 Å². The molecular formula is C5H9NS. The van der Waals surface area contributed by atoms with Crippen molar-refractivity contribution in [3.63, 3.8) is 0 Å². The number of allylic oxidation sites excluding steroid dienone is 1. The second-order valence-electron chi connectivity index (χ2n) is 1.08. The van der Waals surface area contributed by atoms with Crippen LogP contribution in [0.4, 0.5) is 0 Å². The van der Waals surface area contributed by atoms with Crippen molar-refractivity contribution in [2.24, 2.45) is 4.99 Å². The molecule has 0 rings (SSSR count). The van der Waals surface area contributed by atoms with Gasteiger partial charge >= 0.3 is 0 Å². The van der Waals surface area contributed by atoms with E-state index in [0.29, 0.717) is 5.75 Å². The first-order chi connectivity index (χ1) is 3.35. The van der Waals surface area contributed by atoms with Crippen LogP contribution in [-0.2, 0) is 0 Å². The standard InChI is InChI=1S/C5H9NS/c1-3-5(4-7)6-2/h3,7H,1,4H2,2H3. The zero-order chi connectivity index (χ0) is 5.70. The summed E-state index contributed by atoms with van der Waals surface area (Å²) in [5, 5.41) is 0. The second-order valence-corrected chi connectivity index (χ2v) is 1.39. The molecule has 1 nitrogen and oxygen atoms in total. The van der Waals surface area contributed by atoms with Gasteiger partial charge in [-0.1, -0.05) is 6.58 Å². The summed E-state index contributed by atoms with van der Waals surface area (Å²) < 4.78 is 0. The van der Waals surface area contributed by atoms with Gasteiger partial charge in [0, 0.05) is 18.5 Å². The Morgan fingerprint density at radius 2 is 2.57 bits per heavy atom. The minimum atomic E-state index is 0.681. The van der Waals surface area contributed by atoms with Crippen molar-refractivity contribution in [3.05, 3.63) is 12.7 Å². The summed E-state index contributed by atoms with van der Waals surface area (Å²) in [6.07, 6.45) is 1.70. The summed E-state index contributed by atoms with van der Waals surface area (Å²) in [6, 6.07) is 0. The largest absolute Gasteiger partial charge is 0.292 e. The molecule has 0 aromatic heterocycles. The summed E-state index contributed by atoms with van der Waals surface area (Å²) in [7, 11) is 1.73. The molecule has 0 bridgehead atoms. The van der Waals surface area contributed by atoms with Gasteiger partial charge in [-0.25, -0.2) is 0 Å². The van der Waals surface area contributed by atoms with Gasteiger partial charge in [0.2, 0.25) is 0 Å². The maximum atomic E-state index is 3.97. The van der Waals surface area contributed by atoms with Gasteiger partial charge in [-0.3, -0.25) is 4.99 Å². The fourth-order valence-electron chi connectivity index (χ4n) is 0.227. The highest BCUT2D eigenvalue weighted by Gasteiger charge is 1.80. The van der Waals surface area contributed by atoms with Gasteiger partial charge in [0.05, 0.1) is 0 Å². The second kappa shape index (κ2) is 3.93. The Hall–Kier alpha value is -0.240. The van der Waals surface area contributed by atoms with Crippen molar-refractivity contribution < 1.29 is 0 Å². The summed E-state index contributed by atoms with van der Waals surface area (Å²) in [5.74, 6) is 0.681. The lowest BCUT2D eigenvalue weighted by atomic mass is 10.4. The monoisotopic (exact) mass is 115 g/mol. The van der Waals surface area contributed by atoms with E-state index >= 15 is 0 Å². The molecule has 0 radical (unpaired) electrons. The average Bonchev–Trinajstić information content (AvgIpc) is 1.72. The van der Waals surface area contributed by atoms with E-state index < -0.39 is 0 Å². The number of aliphatic imine (C=N–C) groups is 1. The van der Waals surface area contributed by atoms with Crippen LogP contribution in [0.25, 0.3) is 0 Å². The van der Waals surface area contributed by atoms with Crippen molar-refractivity contribution in [1.82, 2.24) is 0 Å². The smallest absolute Gasteiger partial charge is 0.0435 e. The van der Waals surface area contributed by atoms with Crippen molar-refractivity contribution in [2.45, 2.75) is 0 Å². The molecule has 2 heteroatoms. The van der Waals surface area contributed by atoms with Crippen LogP contribution in [0.3, 0.4) is 0 Å². The maximum absolute atomic E-state index is 3.97. The first kappa shape index (κ1) is 6.76.